The predicted molar refractivity (Wildman–Crippen MR) is 124 cm³/mol. The Morgan fingerprint density at radius 3 is 2.36 bits per heavy atom. The fourth-order valence-electron chi connectivity index (χ4n) is 3.03. The van der Waals surface area contributed by atoms with Crippen molar-refractivity contribution < 1.29 is 12.7 Å². The third-order valence-corrected chi connectivity index (χ3v) is 5.23. The molecular weight excluding hydrogens is 348 g/mol. The van der Waals surface area contributed by atoms with Gasteiger partial charge in [-0.05, 0) is 90.1 Å². The van der Waals surface area contributed by atoms with Gasteiger partial charge in [-0.2, -0.15) is 0 Å². The number of nitrogens with one attached hydrogen (secondary N) is 2. The third-order valence-electron chi connectivity index (χ3n) is 5.23. The van der Waals surface area contributed by atoms with Gasteiger partial charge >= 0.3 is 0 Å². The van der Waals surface area contributed by atoms with Gasteiger partial charge in [-0.1, -0.05) is 31.9 Å². The monoisotopic (exact) mass is 396 g/mol. The summed E-state index contributed by atoms with van der Waals surface area (Å²) in [4.78, 5) is 0. The van der Waals surface area contributed by atoms with E-state index in [0.29, 0.717) is 5.54 Å². The highest BCUT2D eigenvalue weighted by Crippen LogP contribution is 2.45. The van der Waals surface area contributed by atoms with E-state index in [1.54, 1.807) is 0 Å². The van der Waals surface area contributed by atoms with Crippen LogP contribution in [0.2, 0.25) is 0 Å². The summed E-state index contributed by atoms with van der Waals surface area (Å²) in [5.41, 5.74) is 1.93. The molecule has 166 valence electrons. The molecule has 0 aromatic heterocycles. The maximum absolute atomic E-state index is 7.00. The number of hydrogen-bond donors (Lipinski definition) is 3. The summed E-state index contributed by atoms with van der Waals surface area (Å²) < 4.78 is 5.81. The van der Waals surface area contributed by atoms with Crippen LogP contribution in [-0.4, -0.2) is 38.0 Å². The van der Waals surface area contributed by atoms with Crippen molar-refractivity contribution in [2.45, 2.75) is 83.7 Å². The van der Waals surface area contributed by atoms with E-state index in [0.717, 1.165) is 31.9 Å². The van der Waals surface area contributed by atoms with Crippen LogP contribution in [0.5, 0.6) is 5.75 Å². The Kier molecular flexibility index (Phi) is 11.1. The van der Waals surface area contributed by atoms with E-state index in [2.05, 4.69) is 62.6 Å². The summed E-state index contributed by atoms with van der Waals surface area (Å²) >= 11 is 0. The lowest BCUT2D eigenvalue weighted by Crippen LogP contribution is -2.36. The lowest BCUT2D eigenvalue weighted by molar-refractivity contribution is 0.299. The van der Waals surface area contributed by atoms with Crippen molar-refractivity contribution in [3.8, 4) is 5.75 Å². The lowest BCUT2D eigenvalue weighted by Gasteiger charge is -2.20. The molecule has 2 aliphatic rings. The molecule has 2 aliphatic carbocycles. The zero-order valence-electron chi connectivity index (χ0n) is 19.1. The zero-order chi connectivity index (χ0) is 21.0. The Morgan fingerprint density at radius 1 is 1.18 bits per heavy atom. The van der Waals surface area contributed by atoms with Gasteiger partial charge in [-0.25, -0.2) is 0 Å². The van der Waals surface area contributed by atoms with Gasteiger partial charge in [0.2, 0.25) is 0 Å². The first-order valence-electron chi connectivity index (χ1n) is 11.0. The average molecular weight is 397 g/mol. The highest BCUT2D eigenvalue weighted by atomic mass is 16.5. The normalized spacial score (nSPS) is 17.0. The standard InChI is InChI=1S/C14H19NO.C9H21N.CH4O.2H2/c1-15-14(7-8-14)12-3-2-4-13(9-12)16-10-11-5-6-11;1-5-6-7-8-10-9(2,3)4;1-2;;/h2-4,9,11,15H,5-8,10H2,1H3;10H,5-8H2,1-4H3;2H,1H3;2*1H. The minimum Gasteiger partial charge on any atom is -0.493 e. The second kappa shape index (κ2) is 12.5. The van der Waals surface area contributed by atoms with Crippen molar-refractivity contribution in [2.24, 2.45) is 5.92 Å². The van der Waals surface area contributed by atoms with E-state index in [1.165, 1.54) is 50.5 Å². The van der Waals surface area contributed by atoms with Gasteiger partial charge in [0.15, 0.2) is 0 Å². The van der Waals surface area contributed by atoms with Crippen molar-refractivity contribution in [1.82, 2.24) is 10.6 Å². The minimum atomic E-state index is 0. The molecule has 2 saturated carbocycles. The Hall–Kier alpha value is -1.10. The summed E-state index contributed by atoms with van der Waals surface area (Å²) in [6.07, 6.45) is 9.16. The van der Waals surface area contributed by atoms with Crippen molar-refractivity contribution >= 4 is 0 Å². The van der Waals surface area contributed by atoms with E-state index in [4.69, 9.17) is 9.84 Å². The van der Waals surface area contributed by atoms with Gasteiger partial charge in [0.05, 0.1) is 6.61 Å². The first kappa shape index (κ1) is 24.9. The largest absolute Gasteiger partial charge is 0.493 e. The molecule has 0 bridgehead atoms. The summed E-state index contributed by atoms with van der Waals surface area (Å²) in [5.74, 6) is 1.86. The van der Waals surface area contributed by atoms with Crippen molar-refractivity contribution in [3.05, 3.63) is 29.8 Å². The molecule has 0 aliphatic heterocycles. The van der Waals surface area contributed by atoms with E-state index in [-0.39, 0.29) is 8.39 Å². The molecule has 0 saturated heterocycles. The van der Waals surface area contributed by atoms with Crippen LogP contribution in [0.1, 0.15) is 81.1 Å². The van der Waals surface area contributed by atoms with Gasteiger partial charge in [0.1, 0.15) is 5.75 Å². The van der Waals surface area contributed by atoms with E-state index in [1.807, 2.05) is 7.05 Å². The molecule has 0 unspecified atom stereocenters. The SMILES string of the molecule is CCCCCNC(C)(C)C.CNC1(c2cccc(OCC3CC3)c2)CC1.CO.[HH].[HH]. The van der Waals surface area contributed by atoms with E-state index < -0.39 is 0 Å². The lowest BCUT2D eigenvalue weighted by atomic mass is 10.1. The topological polar surface area (TPSA) is 53.5 Å². The maximum atomic E-state index is 7.00. The molecular formula is C24H48N2O2. The molecule has 0 spiro atoms. The molecule has 0 amide bonds. The van der Waals surface area contributed by atoms with Crippen LogP contribution in [-0.2, 0) is 5.54 Å². The first-order valence-corrected chi connectivity index (χ1v) is 11.0. The Bertz CT molecular complexity index is 542. The minimum absolute atomic E-state index is 0. The van der Waals surface area contributed by atoms with Crippen molar-refractivity contribution in [1.29, 1.82) is 0 Å². The highest BCUT2D eigenvalue weighted by molar-refractivity contribution is 5.36. The van der Waals surface area contributed by atoms with Crippen LogP contribution in [0.3, 0.4) is 0 Å². The molecule has 3 N–H and O–H groups in total. The number of aliphatic hydroxyl groups is 1. The molecule has 0 heterocycles. The number of unbranched alkanes of at least 4 members (excludes halogenated alkanes) is 2. The average Bonchev–Trinajstić information content (AvgIpc) is 3.60. The van der Waals surface area contributed by atoms with Crippen LogP contribution < -0.4 is 15.4 Å². The molecule has 0 atom stereocenters. The smallest absolute Gasteiger partial charge is 0.119 e. The van der Waals surface area contributed by atoms with Crippen LogP contribution in [0.15, 0.2) is 24.3 Å². The molecule has 0 radical (unpaired) electrons. The zero-order valence-corrected chi connectivity index (χ0v) is 19.1. The summed E-state index contributed by atoms with van der Waals surface area (Å²) in [5, 5.41) is 13.9. The summed E-state index contributed by atoms with van der Waals surface area (Å²) in [7, 11) is 3.05. The summed E-state index contributed by atoms with van der Waals surface area (Å²) in [6, 6.07) is 8.58. The third kappa shape index (κ3) is 9.90. The number of benzene rings is 1. The van der Waals surface area contributed by atoms with Crippen LogP contribution in [0.25, 0.3) is 0 Å². The van der Waals surface area contributed by atoms with Gasteiger partial charge in [0, 0.05) is 21.0 Å². The number of rotatable bonds is 9. The Balaban J connectivity index is 0. The van der Waals surface area contributed by atoms with Gasteiger partial charge < -0.3 is 20.5 Å². The van der Waals surface area contributed by atoms with Crippen molar-refractivity contribution in [3.63, 3.8) is 0 Å². The molecule has 3 rings (SSSR count). The molecule has 1 aromatic carbocycles. The van der Waals surface area contributed by atoms with Crippen LogP contribution in [0.4, 0.5) is 0 Å². The number of hydrogen-bond acceptors (Lipinski definition) is 4. The van der Waals surface area contributed by atoms with E-state index >= 15 is 0 Å². The van der Waals surface area contributed by atoms with Gasteiger partial charge in [-0.3, -0.25) is 0 Å². The fourth-order valence-corrected chi connectivity index (χ4v) is 3.03. The van der Waals surface area contributed by atoms with Crippen LogP contribution >= 0.6 is 0 Å². The molecule has 4 nitrogen and oxygen atoms in total. The highest BCUT2D eigenvalue weighted by Gasteiger charge is 2.42. The molecule has 1 aromatic rings. The van der Waals surface area contributed by atoms with E-state index in [9.17, 15) is 0 Å². The Labute approximate surface area is 176 Å². The number of aliphatic hydroxyl groups excluding tert-OH is 1. The van der Waals surface area contributed by atoms with Gasteiger partial charge in [-0.15, -0.1) is 0 Å². The first-order chi connectivity index (χ1) is 13.4. The quantitative estimate of drug-likeness (QED) is 0.493. The molecule has 4 heteroatoms. The summed E-state index contributed by atoms with van der Waals surface area (Å²) in [6.45, 7) is 10.9. The van der Waals surface area contributed by atoms with Crippen molar-refractivity contribution in [2.75, 3.05) is 27.3 Å². The maximum Gasteiger partial charge on any atom is 0.119 e. The van der Waals surface area contributed by atoms with Crippen LogP contribution in [0, 0.1) is 5.92 Å². The number of ether oxygens (including phenoxy) is 1. The second-order valence-corrected chi connectivity index (χ2v) is 9.00. The Morgan fingerprint density at radius 2 is 1.86 bits per heavy atom. The fraction of sp³-hybridized carbons (Fsp3) is 0.750. The molecule has 2 fully saturated rings. The predicted octanol–water partition coefficient (Wildman–Crippen LogP) is 5.35. The second-order valence-electron chi connectivity index (χ2n) is 9.00. The molecule has 28 heavy (non-hydrogen) atoms. The van der Waals surface area contributed by atoms with Gasteiger partial charge in [0.25, 0.3) is 0 Å².